The van der Waals surface area contributed by atoms with Gasteiger partial charge >= 0.3 is 0 Å². The molecule has 0 aliphatic rings. The summed E-state index contributed by atoms with van der Waals surface area (Å²) in [4.78, 5) is 17.1. The number of ether oxygens (including phenoxy) is 2. The topological polar surface area (TPSA) is 86.5 Å². The first-order valence-electron chi connectivity index (χ1n) is 6.78. The number of aromatic nitrogens is 1. The quantitative estimate of drug-likeness (QED) is 0.787. The van der Waals surface area contributed by atoms with Gasteiger partial charge in [-0.05, 0) is 25.1 Å². The highest BCUT2D eigenvalue weighted by molar-refractivity contribution is 7.17. The molecule has 0 atom stereocenters. The predicted octanol–water partition coefficient (Wildman–Crippen LogP) is 2.67. The molecule has 0 saturated carbocycles. The molecule has 134 valence electrons. The minimum Gasteiger partial charge on any atom is -0.493 e. The van der Waals surface area contributed by atoms with Crippen LogP contribution in [0.5, 0.6) is 11.5 Å². The molecule has 1 heterocycles. The number of carbonyl (C=O) groups excluding carboxylic acids is 1. The van der Waals surface area contributed by atoms with Gasteiger partial charge in [0, 0.05) is 18.7 Å². The molecule has 1 aromatic carbocycles. The number of rotatable bonds is 6. The number of thiazole rings is 1. The third kappa shape index (κ3) is 4.98. The first-order valence-corrected chi connectivity index (χ1v) is 7.60. The average Bonchev–Trinajstić information content (AvgIpc) is 2.93. The Labute approximate surface area is 157 Å². The Morgan fingerprint density at radius 2 is 1.92 bits per heavy atom. The van der Waals surface area contributed by atoms with Gasteiger partial charge in [-0.1, -0.05) is 0 Å². The summed E-state index contributed by atoms with van der Waals surface area (Å²) in [6.45, 7) is 2.67. The fraction of sp³-hybridized carbons (Fsp3) is 0.333. The minimum atomic E-state index is -0.146. The van der Waals surface area contributed by atoms with Gasteiger partial charge in [0.15, 0.2) is 11.5 Å². The van der Waals surface area contributed by atoms with Crippen LogP contribution in [0.4, 0.5) is 0 Å². The van der Waals surface area contributed by atoms with Crippen LogP contribution in [0.25, 0.3) is 10.6 Å². The zero-order valence-corrected chi connectivity index (χ0v) is 16.1. The smallest absolute Gasteiger partial charge is 0.263 e. The van der Waals surface area contributed by atoms with Gasteiger partial charge in [-0.15, -0.1) is 36.2 Å². The van der Waals surface area contributed by atoms with Gasteiger partial charge in [0.25, 0.3) is 5.91 Å². The van der Waals surface area contributed by atoms with Gasteiger partial charge in [0.2, 0.25) is 0 Å². The molecule has 0 radical (unpaired) electrons. The zero-order valence-electron chi connectivity index (χ0n) is 13.6. The third-order valence-corrected chi connectivity index (χ3v) is 4.27. The number of carbonyl (C=O) groups is 1. The number of benzene rings is 1. The molecular formula is C15H21Cl2N3O3S. The van der Waals surface area contributed by atoms with Crippen LogP contribution in [0.1, 0.15) is 15.4 Å². The molecule has 0 aliphatic heterocycles. The summed E-state index contributed by atoms with van der Waals surface area (Å²) >= 11 is 1.34. The van der Waals surface area contributed by atoms with E-state index in [1.807, 2.05) is 25.1 Å². The Morgan fingerprint density at radius 3 is 2.50 bits per heavy atom. The van der Waals surface area contributed by atoms with Gasteiger partial charge in [-0.2, -0.15) is 0 Å². The van der Waals surface area contributed by atoms with Crippen LogP contribution in [-0.4, -0.2) is 38.2 Å². The molecule has 6 nitrogen and oxygen atoms in total. The molecule has 0 aliphatic carbocycles. The highest BCUT2D eigenvalue weighted by atomic mass is 35.5. The van der Waals surface area contributed by atoms with Crippen LogP contribution < -0.4 is 20.5 Å². The second-order valence-electron chi connectivity index (χ2n) is 4.55. The lowest BCUT2D eigenvalue weighted by Crippen LogP contribution is -2.28. The van der Waals surface area contributed by atoms with E-state index >= 15 is 0 Å². The van der Waals surface area contributed by atoms with Crippen LogP contribution >= 0.6 is 36.2 Å². The number of nitrogens with two attached hydrogens (primary N) is 1. The van der Waals surface area contributed by atoms with Gasteiger partial charge in [0.1, 0.15) is 9.88 Å². The van der Waals surface area contributed by atoms with Crippen molar-refractivity contribution in [2.75, 3.05) is 27.3 Å². The highest BCUT2D eigenvalue weighted by Gasteiger charge is 2.16. The van der Waals surface area contributed by atoms with Gasteiger partial charge in [-0.25, -0.2) is 4.98 Å². The van der Waals surface area contributed by atoms with Crippen molar-refractivity contribution in [3.8, 4) is 22.1 Å². The van der Waals surface area contributed by atoms with E-state index in [1.54, 1.807) is 14.2 Å². The third-order valence-electron chi connectivity index (χ3n) is 3.06. The largest absolute Gasteiger partial charge is 0.493 e. The van der Waals surface area contributed by atoms with Crippen molar-refractivity contribution in [3.05, 3.63) is 28.8 Å². The molecule has 0 unspecified atom stereocenters. The van der Waals surface area contributed by atoms with Crippen molar-refractivity contribution >= 4 is 42.1 Å². The highest BCUT2D eigenvalue weighted by Crippen LogP contribution is 2.34. The van der Waals surface area contributed by atoms with Crippen molar-refractivity contribution in [2.24, 2.45) is 5.73 Å². The van der Waals surface area contributed by atoms with Gasteiger partial charge in [-0.3, -0.25) is 4.79 Å². The SMILES string of the molecule is COc1ccc(-c2nc(C)c(C(=O)NCCN)s2)cc1OC.Cl.Cl. The van der Waals surface area contributed by atoms with Crippen molar-refractivity contribution in [1.82, 2.24) is 10.3 Å². The van der Waals surface area contributed by atoms with Crippen molar-refractivity contribution < 1.29 is 14.3 Å². The van der Waals surface area contributed by atoms with E-state index in [0.717, 1.165) is 10.6 Å². The van der Waals surface area contributed by atoms with E-state index in [1.165, 1.54) is 11.3 Å². The Balaban J connectivity index is 0.00000264. The fourth-order valence-corrected chi connectivity index (χ4v) is 2.94. The van der Waals surface area contributed by atoms with E-state index in [9.17, 15) is 4.79 Å². The molecular weight excluding hydrogens is 373 g/mol. The van der Waals surface area contributed by atoms with E-state index in [2.05, 4.69) is 10.3 Å². The second-order valence-corrected chi connectivity index (χ2v) is 5.55. The number of hydrogen-bond acceptors (Lipinski definition) is 6. The Bertz CT molecular complexity index is 680. The summed E-state index contributed by atoms with van der Waals surface area (Å²) < 4.78 is 10.5. The van der Waals surface area contributed by atoms with Crippen LogP contribution in [0.15, 0.2) is 18.2 Å². The number of nitrogens with zero attached hydrogens (tertiary/aromatic N) is 1. The summed E-state index contributed by atoms with van der Waals surface area (Å²) in [5.41, 5.74) is 6.97. The minimum absolute atomic E-state index is 0. The Hall–Kier alpha value is -1.54. The van der Waals surface area contributed by atoms with Crippen LogP contribution in [-0.2, 0) is 0 Å². The first kappa shape index (κ1) is 22.5. The van der Waals surface area contributed by atoms with Crippen molar-refractivity contribution in [3.63, 3.8) is 0 Å². The standard InChI is InChI=1S/C15H19N3O3S.2ClH/c1-9-13(14(19)17-7-6-16)22-15(18-9)10-4-5-11(20-2)12(8-10)21-3;;/h4-5,8H,6-7,16H2,1-3H3,(H,17,19);2*1H. The normalized spacial score (nSPS) is 9.50. The summed E-state index contributed by atoms with van der Waals surface area (Å²) in [7, 11) is 3.17. The molecule has 0 fully saturated rings. The van der Waals surface area contributed by atoms with E-state index in [0.29, 0.717) is 35.2 Å². The van der Waals surface area contributed by atoms with Gasteiger partial charge < -0.3 is 20.5 Å². The number of aryl methyl sites for hydroxylation is 1. The molecule has 24 heavy (non-hydrogen) atoms. The molecule has 3 N–H and O–H groups in total. The lowest BCUT2D eigenvalue weighted by Gasteiger charge is -2.08. The maximum Gasteiger partial charge on any atom is 0.263 e. The number of hydrogen-bond donors (Lipinski definition) is 2. The lowest BCUT2D eigenvalue weighted by atomic mass is 10.2. The van der Waals surface area contributed by atoms with Crippen LogP contribution in [0, 0.1) is 6.92 Å². The van der Waals surface area contributed by atoms with Crippen molar-refractivity contribution in [1.29, 1.82) is 0 Å². The zero-order chi connectivity index (χ0) is 16.1. The summed E-state index contributed by atoms with van der Waals surface area (Å²) in [5, 5.41) is 3.52. The summed E-state index contributed by atoms with van der Waals surface area (Å²) in [6, 6.07) is 5.55. The van der Waals surface area contributed by atoms with E-state index in [4.69, 9.17) is 15.2 Å². The number of methoxy groups -OCH3 is 2. The molecule has 2 aromatic rings. The summed E-state index contributed by atoms with van der Waals surface area (Å²) in [6.07, 6.45) is 0. The Morgan fingerprint density at radius 1 is 1.25 bits per heavy atom. The predicted molar refractivity (Wildman–Crippen MR) is 101 cm³/mol. The maximum atomic E-state index is 12.1. The fourth-order valence-electron chi connectivity index (χ4n) is 1.97. The van der Waals surface area contributed by atoms with E-state index < -0.39 is 0 Å². The van der Waals surface area contributed by atoms with Crippen LogP contribution in [0.2, 0.25) is 0 Å². The molecule has 1 aromatic heterocycles. The molecule has 0 bridgehead atoms. The molecule has 2 rings (SSSR count). The summed E-state index contributed by atoms with van der Waals surface area (Å²) in [5.74, 6) is 1.13. The van der Waals surface area contributed by atoms with Crippen LogP contribution in [0.3, 0.4) is 0 Å². The maximum absolute atomic E-state index is 12.1. The molecule has 9 heteroatoms. The molecule has 1 amide bonds. The Kier molecular flexibility index (Phi) is 9.69. The first-order chi connectivity index (χ1) is 10.6. The number of nitrogens with one attached hydrogen (secondary N) is 1. The van der Waals surface area contributed by atoms with Crippen molar-refractivity contribution in [2.45, 2.75) is 6.92 Å². The lowest BCUT2D eigenvalue weighted by molar-refractivity contribution is 0.0958. The van der Waals surface area contributed by atoms with Gasteiger partial charge in [0.05, 0.1) is 19.9 Å². The molecule has 0 saturated heterocycles. The average molecular weight is 394 g/mol. The molecule has 0 spiro atoms. The monoisotopic (exact) mass is 393 g/mol. The second kappa shape index (κ2) is 10.4. The van der Waals surface area contributed by atoms with E-state index in [-0.39, 0.29) is 30.7 Å². The number of amides is 1. The number of halogens is 2.